The van der Waals surface area contributed by atoms with Gasteiger partial charge in [0.15, 0.2) is 0 Å². The molecule has 0 aliphatic heterocycles. The lowest BCUT2D eigenvalue weighted by atomic mass is 9.79. The van der Waals surface area contributed by atoms with Crippen LogP contribution >= 0.6 is 23.2 Å². The van der Waals surface area contributed by atoms with Crippen LogP contribution in [0.4, 0.5) is 11.4 Å². The molecule has 9 aromatic rings. The van der Waals surface area contributed by atoms with Crippen molar-refractivity contribution < 1.29 is 0 Å². The van der Waals surface area contributed by atoms with Gasteiger partial charge in [0.25, 0.3) is 0 Å². The van der Waals surface area contributed by atoms with Gasteiger partial charge >= 0.3 is 0 Å². The van der Waals surface area contributed by atoms with Gasteiger partial charge in [0.2, 0.25) is 0 Å². The quantitative estimate of drug-likeness (QED) is 0.0791. The van der Waals surface area contributed by atoms with Gasteiger partial charge in [0, 0.05) is 21.9 Å². The van der Waals surface area contributed by atoms with E-state index in [0.29, 0.717) is 22.9 Å². The van der Waals surface area contributed by atoms with Crippen molar-refractivity contribution in [3.63, 3.8) is 0 Å². The van der Waals surface area contributed by atoms with Crippen molar-refractivity contribution >= 4 is 46.0 Å². The molecule has 3 nitrogen and oxygen atoms in total. The van der Waals surface area contributed by atoms with E-state index in [0.717, 1.165) is 78.7 Å². The van der Waals surface area contributed by atoms with Crippen molar-refractivity contribution in [3.8, 4) is 0 Å². The fourth-order valence-electron chi connectivity index (χ4n) is 8.95. The summed E-state index contributed by atoms with van der Waals surface area (Å²) >= 11 is 14.1. The Kier molecular flexibility index (Phi) is 13.9. The number of rotatable bonds is 14. The highest BCUT2D eigenvalue weighted by Crippen LogP contribution is 2.46. The second-order valence-electron chi connectivity index (χ2n) is 16.6. The van der Waals surface area contributed by atoms with E-state index < -0.39 is 0 Å². The SMILES string of the molecule is CC(=Nc1c(Cc2ccccc2)cc(Cl)cc1Cc1ccccc1)c1cccc(C(C)=Nc2c(C(c3ccccc3)c3ccccc3)cc(Cl)cc2C(c2ccccc2)c2ccccc2)n1. The first kappa shape index (κ1) is 44.1. The monoisotopic (exact) mass is 893 g/mol. The lowest BCUT2D eigenvalue weighted by Gasteiger charge is -2.27. The van der Waals surface area contributed by atoms with Crippen LogP contribution in [0.15, 0.2) is 234 Å². The van der Waals surface area contributed by atoms with Gasteiger partial charge in [-0.25, -0.2) is 4.98 Å². The maximum atomic E-state index is 7.28. The molecule has 0 spiro atoms. The Balaban J connectivity index is 1.20. The van der Waals surface area contributed by atoms with Crippen LogP contribution in [0.25, 0.3) is 0 Å². The molecule has 1 heterocycles. The fourth-order valence-corrected chi connectivity index (χ4v) is 9.44. The highest BCUT2D eigenvalue weighted by atomic mass is 35.5. The Morgan fingerprint density at radius 2 is 0.712 bits per heavy atom. The predicted molar refractivity (Wildman–Crippen MR) is 277 cm³/mol. The van der Waals surface area contributed by atoms with E-state index in [1.165, 1.54) is 11.1 Å². The van der Waals surface area contributed by atoms with Crippen molar-refractivity contribution in [1.29, 1.82) is 0 Å². The molecule has 0 radical (unpaired) electrons. The van der Waals surface area contributed by atoms with Crippen molar-refractivity contribution in [3.05, 3.63) is 302 Å². The van der Waals surface area contributed by atoms with Crippen LogP contribution in [0.1, 0.15) is 92.7 Å². The third-order valence-electron chi connectivity index (χ3n) is 12.0. The van der Waals surface area contributed by atoms with Crippen LogP contribution < -0.4 is 0 Å². The highest BCUT2D eigenvalue weighted by Gasteiger charge is 2.28. The summed E-state index contributed by atoms with van der Waals surface area (Å²) in [5.41, 5.74) is 16.0. The lowest BCUT2D eigenvalue weighted by Crippen LogP contribution is -2.10. The second kappa shape index (κ2) is 20.8. The summed E-state index contributed by atoms with van der Waals surface area (Å²) in [6, 6.07) is 77.9. The summed E-state index contributed by atoms with van der Waals surface area (Å²) in [6.07, 6.45) is 1.39. The summed E-state index contributed by atoms with van der Waals surface area (Å²) in [7, 11) is 0. The number of pyridine rings is 1. The molecule has 5 heteroatoms. The molecule has 0 aliphatic carbocycles. The molecule has 322 valence electrons. The van der Waals surface area contributed by atoms with Crippen molar-refractivity contribution in [2.75, 3.05) is 0 Å². The number of aromatic nitrogens is 1. The van der Waals surface area contributed by atoms with Crippen molar-refractivity contribution in [2.24, 2.45) is 9.98 Å². The van der Waals surface area contributed by atoms with E-state index in [2.05, 4.69) is 189 Å². The third-order valence-corrected chi connectivity index (χ3v) is 12.5. The van der Waals surface area contributed by atoms with Gasteiger partial charge < -0.3 is 0 Å². The molecule has 8 aromatic carbocycles. The van der Waals surface area contributed by atoms with E-state index in [4.69, 9.17) is 38.2 Å². The van der Waals surface area contributed by atoms with E-state index in [-0.39, 0.29) is 11.8 Å². The molecule has 0 bridgehead atoms. The topological polar surface area (TPSA) is 37.6 Å². The smallest absolute Gasteiger partial charge is 0.0849 e. The van der Waals surface area contributed by atoms with Gasteiger partial charge in [-0.2, -0.15) is 0 Å². The van der Waals surface area contributed by atoms with Gasteiger partial charge in [-0.3, -0.25) is 9.98 Å². The maximum Gasteiger partial charge on any atom is 0.0849 e. The molecule has 0 atom stereocenters. The Morgan fingerprint density at radius 1 is 0.394 bits per heavy atom. The number of benzene rings is 8. The van der Waals surface area contributed by atoms with Crippen LogP contribution in [0.5, 0.6) is 0 Å². The van der Waals surface area contributed by atoms with Crippen LogP contribution in [-0.4, -0.2) is 16.4 Å². The molecule has 0 saturated carbocycles. The first-order valence-electron chi connectivity index (χ1n) is 22.4. The molecule has 0 fully saturated rings. The molecule has 0 N–H and O–H groups in total. The summed E-state index contributed by atoms with van der Waals surface area (Å²) in [5, 5.41) is 1.35. The Hall–Kier alpha value is -7.17. The molecular formula is C61H49Cl2N3. The third kappa shape index (κ3) is 10.3. The molecule has 0 unspecified atom stereocenters. The number of nitrogens with zero attached hydrogens (tertiary/aromatic N) is 3. The van der Waals surface area contributed by atoms with Gasteiger partial charge in [-0.15, -0.1) is 0 Å². The summed E-state index contributed by atoms with van der Waals surface area (Å²) in [6.45, 7) is 4.09. The average molecular weight is 895 g/mol. The Labute approximate surface area is 398 Å². The summed E-state index contributed by atoms with van der Waals surface area (Å²) in [4.78, 5) is 16.4. The zero-order valence-electron chi connectivity index (χ0n) is 37.0. The van der Waals surface area contributed by atoms with E-state index in [1.807, 2.05) is 49.4 Å². The van der Waals surface area contributed by atoms with E-state index >= 15 is 0 Å². The molecule has 0 aliphatic rings. The Morgan fingerprint density at radius 3 is 1.08 bits per heavy atom. The second-order valence-corrected chi connectivity index (χ2v) is 17.5. The predicted octanol–water partition coefficient (Wildman–Crippen LogP) is 16.2. The minimum Gasteiger partial charge on any atom is -0.251 e. The lowest BCUT2D eigenvalue weighted by molar-refractivity contribution is 0.938. The zero-order chi connectivity index (χ0) is 45.2. The highest BCUT2D eigenvalue weighted by molar-refractivity contribution is 6.31. The van der Waals surface area contributed by atoms with E-state index in [9.17, 15) is 0 Å². The molecule has 9 rings (SSSR count). The van der Waals surface area contributed by atoms with Gasteiger partial charge in [0.05, 0.1) is 34.2 Å². The number of hydrogen-bond donors (Lipinski definition) is 0. The van der Waals surface area contributed by atoms with Crippen molar-refractivity contribution in [2.45, 2.75) is 38.5 Å². The molecule has 0 amide bonds. The van der Waals surface area contributed by atoms with Crippen LogP contribution in [0.3, 0.4) is 0 Å². The summed E-state index contributed by atoms with van der Waals surface area (Å²) < 4.78 is 0. The summed E-state index contributed by atoms with van der Waals surface area (Å²) in [5.74, 6) is -0.321. The minimum atomic E-state index is -0.160. The first-order chi connectivity index (χ1) is 32.4. The van der Waals surface area contributed by atoms with E-state index in [1.54, 1.807) is 0 Å². The minimum absolute atomic E-state index is 0.160. The number of aliphatic imine (C=N–C) groups is 2. The number of hydrogen-bond acceptors (Lipinski definition) is 3. The average Bonchev–Trinajstić information content (AvgIpc) is 3.35. The first-order valence-corrected chi connectivity index (χ1v) is 23.1. The number of halogens is 2. The molecule has 66 heavy (non-hydrogen) atoms. The molecular weight excluding hydrogens is 846 g/mol. The zero-order valence-corrected chi connectivity index (χ0v) is 38.5. The van der Waals surface area contributed by atoms with Crippen LogP contribution in [-0.2, 0) is 12.8 Å². The van der Waals surface area contributed by atoms with Gasteiger partial charge in [-0.05, 0) is 119 Å². The Bertz CT molecular complexity index is 2850. The largest absolute Gasteiger partial charge is 0.251 e. The van der Waals surface area contributed by atoms with Crippen LogP contribution in [0.2, 0.25) is 10.0 Å². The van der Waals surface area contributed by atoms with Gasteiger partial charge in [0.1, 0.15) is 0 Å². The van der Waals surface area contributed by atoms with Gasteiger partial charge in [-0.1, -0.05) is 211 Å². The molecule has 1 aromatic heterocycles. The molecule has 0 saturated heterocycles. The van der Waals surface area contributed by atoms with Crippen molar-refractivity contribution in [1.82, 2.24) is 4.98 Å². The van der Waals surface area contributed by atoms with Crippen LogP contribution in [0, 0.1) is 0 Å². The maximum absolute atomic E-state index is 7.28. The fraction of sp³-hybridized carbons (Fsp3) is 0.0984. The standard InChI is InChI=1S/C61H49Cl2N3/c1-42(64-60-50(36-44-22-9-3-10-23-44)38-52(62)39-51(60)37-45-24-11-4-12-25-45)56-34-21-35-57(66-56)43(2)65-61-54(58(46-26-13-5-14-27-46)47-28-15-6-16-29-47)40-53(63)41-55(61)59(48-30-17-7-18-31-48)49-32-19-8-20-33-49/h3-35,38-41,58-59H,36-37H2,1-2H3. The normalized spacial score (nSPS) is 11.9.